The van der Waals surface area contributed by atoms with Crippen molar-refractivity contribution in [2.75, 3.05) is 0 Å². The minimum absolute atomic E-state index is 0.0626. The summed E-state index contributed by atoms with van der Waals surface area (Å²) < 4.78 is 15.4. The molecule has 1 aromatic heterocycles. The van der Waals surface area contributed by atoms with Crippen molar-refractivity contribution < 1.29 is 9.18 Å². The SMILES string of the molecule is Cc1ccc(F)c(C(=O)Cc2ncnn2CC(C)C)c1. The van der Waals surface area contributed by atoms with Crippen molar-refractivity contribution >= 4 is 5.78 Å². The van der Waals surface area contributed by atoms with Gasteiger partial charge in [-0.05, 0) is 25.0 Å². The number of carbonyl (C=O) groups is 1. The molecule has 106 valence electrons. The predicted molar refractivity (Wildman–Crippen MR) is 74.0 cm³/mol. The van der Waals surface area contributed by atoms with Gasteiger partial charge in [-0.15, -0.1) is 0 Å². The van der Waals surface area contributed by atoms with Crippen LogP contribution in [0.2, 0.25) is 0 Å². The van der Waals surface area contributed by atoms with E-state index in [-0.39, 0.29) is 17.8 Å². The number of aryl methyl sites for hydroxylation is 1. The maximum Gasteiger partial charge on any atom is 0.173 e. The number of Topliss-reactive ketones (excluding diaryl/α,β-unsaturated/α-hetero) is 1. The Morgan fingerprint density at radius 1 is 1.40 bits per heavy atom. The molecule has 2 aromatic rings. The molecule has 0 saturated heterocycles. The lowest BCUT2D eigenvalue weighted by Gasteiger charge is -2.08. The maximum absolute atomic E-state index is 13.7. The van der Waals surface area contributed by atoms with Gasteiger partial charge in [0.2, 0.25) is 0 Å². The second kappa shape index (κ2) is 5.94. The van der Waals surface area contributed by atoms with Crippen molar-refractivity contribution in [1.82, 2.24) is 14.8 Å². The molecule has 0 aliphatic rings. The molecule has 0 fully saturated rings. The third kappa shape index (κ3) is 3.29. The number of halogens is 1. The number of benzene rings is 1. The first-order chi connectivity index (χ1) is 9.47. The lowest BCUT2D eigenvalue weighted by molar-refractivity contribution is 0.0985. The van der Waals surface area contributed by atoms with Crippen LogP contribution in [0.25, 0.3) is 0 Å². The average Bonchev–Trinajstić information content (AvgIpc) is 2.78. The van der Waals surface area contributed by atoms with Crippen LogP contribution in [0, 0.1) is 18.7 Å². The Kier molecular flexibility index (Phi) is 4.27. The maximum atomic E-state index is 13.7. The number of nitrogens with zero attached hydrogens (tertiary/aromatic N) is 3. The fraction of sp³-hybridized carbons (Fsp3) is 0.400. The van der Waals surface area contributed by atoms with Gasteiger partial charge in [-0.2, -0.15) is 5.10 Å². The van der Waals surface area contributed by atoms with Crippen molar-refractivity contribution in [3.63, 3.8) is 0 Å². The van der Waals surface area contributed by atoms with E-state index in [0.29, 0.717) is 18.3 Å². The number of rotatable bonds is 5. The highest BCUT2D eigenvalue weighted by molar-refractivity contribution is 5.97. The summed E-state index contributed by atoms with van der Waals surface area (Å²) in [6.07, 6.45) is 1.49. The van der Waals surface area contributed by atoms with Crippen molar-refractivity contribution in [2.45, 2.75) is 33.7 Å². The third-order valence-corrected chi connectivity index (χ3v) is 2.97. The summed E-state index contributed by atoms with van der Waals surface area (Å²) in [4.78, 5) is 16.3. The van der Waals surface area contributed by atoms with Gasteiger partial charge in [-0.3, -0.25) is 4.79 Å². The standard InChI is InChI=1S/C15H18FN3O/c1-10(2)8-19-15(17-9-18-19)7-14(20)12-6-11(3)4-5-13(12)16/h4-6,9-10H,7-8H2,1-3H3. The van der Waals surface area contributed by atoms with Gasteiger partial charge in [0, 0.05) is 6.54 Å². The highest BCUT2D eigenvalue weighted by Crippen LogP contribution is 2.13. The Hall–Kier alpha value is -2.04. The Labute approximate surface area is 117 Å². The lowest BCUT2D eigenvalue weighted by Crippen LogP contribution is -2.15. The van der Waals surface area contributed by atoms with E-state index in [1.807, 2.05) is 6.92 Å². The number of ketones is 1. The highest BCUT2D eigenvalue weighted by atomic mass is 19.1. The molecule has 0 bridgehead atoms. The van der Waals surface area contributed by atoms with Gasteiger partial charge in [-0.25, -0.2) is 14.1 Å². The summed E-state index contributed by atoms with van der Waals surface area (Å²) in [5.74, 6) is 0.214. The molecule has 0 amide bonds. The molecule has 1 aromatic carbocycles. The van der Waals surface area contributed by atoms with Gasteiger partial charge in [0.05, 0.1) is 12.0 Å². The number of hydrogen-bond donors (Lipinski definition) is 0. The molecule has 20 heavy (non-hydrogen) atoms. The molecule has 2 rings (SSSR count). The highest BCUT2D eigenvalue weighted by Gasteiger charge is 2.16. The molecule has 0 atom stereocenters. The largest absolute Gasteiger partial charge is 0.294 e. The van der Waals surface area contributed by atoms with E-state index in [1.54, 1.807) is 16.8 Å². The molecule has 1 heterocycles. The van der Waals surface area contributed by atoms with Crippen molar-refractivity contribution in [1.29, 1.82) is 0 Å². The van der Waals surface area contributed by atoms with Crippen molar-refractivity contribution in [2.24, 2.45) is 5.92 Å². The zero-order chi connectivity index (χ0) is 14.7. The summed E-state index contributed by atoms with van der Waals surface area (Å²) in [5.41, 5.74) is 0.975. The summed E-state index contributed by atoms with van der Waals surface area (Å²) in [6, 6.07) is 4.54. The zero-order valence-electron chi connectivity index (χ0n) is 11.9. The average molecular weight is 275 g/mol. The van der Waals surface area contributed by atoms with E-state index in [4.69, 9.17) is 0 Å². The first kappa shape index (κ1) is 14.4. The number of hydrogen-bond acceptors (Lipinski definition) is 3. The second-order valence-electron chi connectivity index (χ2n) is 5.34. The van der Waals surface area contributed by atoms with Crippen LogP contribution < -0.4 is 0 Å². The Bertz CT molecular complexity index is 619. The van der Waals surface area contributed by atoms with Gasteiger partial charge in [0.25, 0.3) is 0 Å². The van der Waals surface area contributed by atoms with E-state index < -0.39 is 5.82 Å². The van der Waals surface area contributed by atoms with Crippen molar-refractivity contribution in [3.05, 3.63) is 47.3 Å². The quantitative estimate of drug-likeness (QED) is 0.788. The fourth-order valence-electron chi connectivity index (χ4n) is 2.02. The van der Waals surface area contributed by atoms with Crippen LogP contribution in [0.5, 0.6) is 0 Å². The molecular formula is C15H18FN3O. The van der Waals surface area contributed by atoms with Crippen LogP contribution in [0.4, 0.5) is 4.39 Å². The minimum atomic E-state index is -0.490. The number of aromatic nitrogens is 3. The van der Waals surface area contributed by atoms with Gasteiger partial charge < -0.3 is 0 Å². The van der Waals surface area contributed by atoms with Crippen LogP contribution in [0.15, 0.2) is 24.5 Å². The second-order valence-corrected chi connectivity index (χ2v) is 5.34. The monoisotopic (exact) mass is 275 g/mol. The van der Waals surface area contributed by atoms with E-state index >= 15 is 0 Å². The third-order valence-electron chi connectivity index (χ3n) is 2.97. The molecule has 4 nitrogen and oxygen atoms in total. The predicted octanol–water partition coefficient (Wildman–Crippen LogP) is 2.81. The first-order valence-corrected chi connectivity index (χ1v) is 6.63. The van der Waals surface area contributed by atoms with Crippen LogP contribution in [0.1, 0.15) is 35.6 Å². The molecule has 0 unspecified atom stereocenters. The van der Waals surface area contributed by atoms with Crippen LogP contribution in [0.3, 0.4) is 0 Å². The topological polar surface area (TPSA) is 47.8 Å². The lowest BCUT2D eigenvalue weighted by atomic mass is 10.0. The molecule has 0 radical (unpaired) electrons. The molecule has 0 aliphatic heterocycles. The molecule has 0 spiro atoms. The van der Waals surface area contributed by atoms with E-state index in [2.05, 4.69) is 23.9 Å². The van der Waals surface area contributed by atoms with Gasteiger partial charge in [0.1, 0.15) is 18.0 Å². The van der Waals surface area contributed by atoms with Gasteiger partial charge >= 0.3 is 0 Å². The normalized spacial score (nSPS) is 11.1. The zero-order valence-corrected chi connectivity index (χ0v) is 11.9. The minimum Gasteiger partial charge on any atom is -0.294 e. The summed E-state index contributed by atoms with van der Waals surface area (Å²) >= 11 is 0. The number of carbonyl (C=O) groups excluding carboxylic acids is 1. The van der Waals surface area contributed by atoms with E-state index in [0.717, 1.165) is 5.56 Å². The van der Waals surface area contributed by atoms with E-state index in [9.17, 15) is 9.18 Å². The van der Waals surface area contributed by atoms with Crippen LogP contribution >= 0.6 is 0 Å². The van der Waals surface area contributed by atoms with Crippen LogP contribution in [-0.2, 0) is 13.0 Å². The summed E-state index contributed by atoms with van der Waals surface area (Å²) in [5, 5.41) is 4.10. The van der Waals surface area contributed by atoms with Gasteiger partial charge in [0.15, 0.2) is 5.78 Å². The molecular weight excluding hydrogens is 257 g/mol. The smallest absolute Gasteiger partial charge is 0.173 e. The Morgan fingerprint density at radius 3 is 2.85 bits per heavy atom. The van der Waals surface area contributed by atoms with Crippen LogP contribution in [-0.4, -0.2) is 20.5 Å². The molecule has 0 N–H and O–H groups in total. The van der Waals surface area contributed by atoms with Crippen molar-refractivity contribution in [3.8, 4) is 0 Å². The fourth-order valence-corrected chi connectivity index (χ4v) is 2.02. The summed E-state index contributed by atoms with van der Waals surface area (Å²) in [7, 11) is 0. The molecule has 0 saturated carbocycles. The van der Waals surface area contributed by atoms with Gasteiger partial charge in [-0.1, -0.05) is 25.5 Å². The Balaban J connectivity index is 2.20. The Morgan fingerprint density at radius 2 is 2.15 bits per heavy atom. The molecule has 5 heteroatoms. The first-order valence-electron chi connectivity index (χ1n) is 6.63. The van der Waals surface area contributed by atoms with E-state index in [1.165, 1.54) is 12.4 Å². The molecule has 0 aliphatic carbocycles. The summed E-state index contributed by atoms with van der Waals surface area (Å²) in [6.45, 7) is 6.65.